The van der Waals surface area contributed by atoms with Crippen molar-refractivity contribution in [3.8, 4) is 0 Å². The third-order valence-electron chi connectivity index (χ3n) is 8.13. The minimum absolute atomic E-state index is 0.0466. The first-order chi connectivity index (χ1) is 21.7. The number of anilines is 1. The average Bonchev–Trinajstić information content (AvgIpc) is 3.68. The first kappa shape index (κ1) is 30.7. The Morgan fingerprint density at radius 3 is 2.67 bits per heavy atom. The number of aryl methyl sites for hydroxylation is 1. The number of carbonyl (C=O) groups is 3. The molecule has 4 heterocycles. The molecule has 2 amide bonds. The van der Waals surface area contributed by atoms with E-state index in [1.54, 1.807) is 11.1 Å². The van der Waals surface area contributed by atoms with Gasteiger partial charge < -0.3 is 20.1 Å². The number of aromatic nitrogens is 1. The normalized spacial score (nSPS) is 20.2. The van der Waals surface area contributed by atoms with E-state index in [-0.39, 0.29) is 29.1 Å². The molecular formula is C31H30ClFN6O5S. The molecule has 0 bridgehead atoms. The van der Waals surface area contributed by atoms with Crippen molar-refractivity contribution in [3.63, 3.8) is 0 Å². The number of thiazole rings is 1. The quantitative estimate of drug-likeness (QED) is 0.331. The van der Waals surface area contributed by atoms with Gasteiger partial charge in [0.05, 0.1) is 30.5 Å². The topological polar surface area (TPSA) is 128 Å². The highest BCUT2D eigenvalue weighted by atomic mass is 35.5. The lowest BCUT2D eigenvalue weighted by atomic mass is 9.94. The number of nitrogens with one attached hydrogen (secondary N) is 1. The number of carbonyl (C=O) groups excluding carboxylic acids is 2. The van der Waals surface area contributed by atoms with Crippen LogP contribution in [0.3, 0.4) is 0 Å². The van der Waals surface area contributed by atoms with Crippen molar-refractivity contribution >= 4 is 52.4 Å². The Kier molecular flexibility index (Phi) is 8.83. The second kappa shape index (κ2) is 13.0. The van der Waals surface area contributed by atoms with Gasteiger partial charge in [0.1, 0.15) is 5.82 Å². The van der Waals surface area contributed by atoms with Crippen LogP contribution in [0.2, 0.25) is 5.02 Å². The number of amidine groups is 1. The number of hydrogen-bond donors (Lipinski definition) is 2. The van der Waals surface area contributed by atoms with Crippen LogP contribution in [0.15, 0.2) is 70.3 Å². The lowest BCUT2D eigenvalue weighted by molar-refractivity contribution is -0.137. The Hall–Kier alpha value is -4.33. The Balaban J connectivity index is 1.25. The number of aliphatic carboxylic acids is 1. The molecule has 6 rings (SSSR count). The lowest BCUT2D eigenvalue weighted by Gasteiger charge is -2.37. The molecule has 0 unspecified atom stereocenters. The van der Waals surface area contributed by atoms with Crippen LogP contribution in [-0.2, 0) is 20.7 Å². The summed E-state index contributed by atoms with van der Waals surface area (Å²) in [5, 5.41) is 14.8. The maximum Gasteiger partial charge on any atom is 0.338 e. The summed E-state index contributed by atoms with van der Waals surface area (Å²) in [6, 6.07) is 10.5. The molecule has 2 atom stereocenters. The van der Waals surface area contributed by atoms with Gasteiger partial charge in [-0.05, 0) is 41.8 Å². The number of amides is 2. The number of aliphatic imine (C=N–C) groups is 1. The fourth-order valence-corrected chi connectivity index (χ4v) is 6.79. The lowest BCUT2D eigenvalue weighted by Crippen LogP contribution is -2.52. The van der Waals surface area contributed by atoms with Gasteiger partial charge in [0.25, 0.3) is 0 Å². The van der Waals surface area contributed by atoms with Crippen LogP contribution in [0, 0.1) is 5.82 Å². The fraction of sp³-hybridized carbons (Fsp3) is 0.323. The molecule has 0 radical (unpaired) electrons. The predicted molar refractivity (Wildman–Crippen MR) is 167 cm³/mol. The van der Waals surface area contributed by atoms with E-state index in [1.807, 2.05) is 34.5 Å². The van der Waals surface area contributed by atoms with Crippen LogP contribution in [-0.4, -0.2) is 89.6 Å². The van der Waals surface area contributed by atoms with Gasteiger partial charge in [0, 0.05) is 61.4 Å². The van der Waals surface area contributed by atoms with E-state index in [4.69, 9.17) is 26.4 Å². The van der Waals surface area contributed by atoms with Crippen LogP contribution in [0.5, 0.6) is 0 Å². The number of halogens is 2. The number of piperazine rings is 1. The number of carboxylic acid groups (broad SMARTS) is 1. The highest BCUT2D eigenvalue weighted by Crippen LogP contribution is 2.36. The number of esters is 1. The summed E-state index contributed by atoms with van der Waals surface area (Å²) < 4.78 is 19.2. The van der Waals surface area contributed by atoms with Crippen molar-refractivity contribution in [1.82, 2.24) is 20.1 Å². The Morgan fingerprint density at radius 1 is 1.18 bits per heavy atom. The molecule has 2 fully saturated rings. The van der Waals surface area contributed by atoms with Crippen molar-refractivity contribution in [3.05, 3.63) is 92.3 Å². The summed E-state index contributed by atoms with van der Waals surface area (Å²) in [6.07, 6.45) is 2.13. The van der Waals surface area contributed by atoms with Crippen molar-refractivity contribution in [2.75, 3.05) is 44.7 Å². The standard InChI is InChI=1S/C31H30ClFN6O5S/c1-44-30(42)26-24(35-28(29-34-10-13-45-29)36-27(26)22-8-5-19(33)14-23(22)32)17-37-11-12-38-21(15-37)16-39(31(38)43)20-6-2-18(3-7-20)4-9-25(40)41/h2-3,5-8,10,13-14,21,27H,4,9,11-12,15-17H2,1H3,(H,35,36)(H,40,41)/t21-,27-/m0/s1. The number of nitrogens with zero attached hydrogens (tertiary/aromatic N) is 5. The van der Waals surface area contributed by atoms with Crippen molar-refractivity contribution < 1.29 is 28.6 Å². The highest BCUT2D eigenvalue weighted by molar-refractivity contribution is 7.11. The summed E-state index contributed by atoms with van der Waals surface area (Å²) in [5.74, 6) is -1.47. The zero-order chi connectivity index (χ0) is 31.7. The second-order valence-corrected chi connectivity index (χ2v) is 12.2. The molecule has 3 aromatic rings. The molecule has 2 N–H and O–H groups in total. The van der Waals surface area contributed by atoms with Gasteiger partial charge in [-0.2, -0.15) is 0 Å². The Morgan fingerprint density at radius 2 is 1.98 bits per heavy atom. The summed E-state index contributed by atoms with van der Waals surface area (Å²) in [7, 11) is 1.30. The number of fused-ring (bicyclic) bond motifs is 1. The molecule has 234 valence electrons. The van der Waals surface area contributed by atoms with E-state index in [0.717, 1.165) is 11.3 Å². The first-order valence-electron chi connectivity index (χ1n) is 14.3. The third kappa shape index (κ3) is 6.42. The highest BCUT2D eigenvalue weighted by Gasteiger charge is 2.42. The molecule has 0 spiro atoms. The average molecular weight is 653 g/mol. The summed E-state index contributed by atoms with van der Waals surface area (Å²) >= 11 is 7.87. The molecule has 11 nitrogen and oxygen atoms in total. The SMILES string of the molecule is COC(=O)C1=C(CN2CCN3C(=O)N(c4ccc(CCC(=O)O)cc4)C[C@@H]3C2)N=C(c2nccs2)N[C@H]1c1ccc(F)cc1Cl. The van der Waals surface area contributed by atoms with Gasteiger partial charge in [-0.15, -0.1) is 11.3 Å². The van der Waals surface area contributed by atoms with Gasteiger partial charge in [-0.25, -0.2) is 24.0 Å². The van der Waals surface area contributed by atoms with Crippen LogP contribution in [0.25, 0.3) is 0 Å². The summed E-state index contributed by atoms with van der Waals surface area (Å²) in [6.45, 7) is 2.38. The first-order valence-corrected chi connectivity index (χ1v) is 15.6. The number of rotatable bonds is 9. The van der Waals surface area contributed by atoms with Gasteiger partial charge >= 0.3 is 18.0 Å². The minimum Gasteiger partial charge on any atom is -0.481 e. The molecule has 45 heavy (non-hydrogen) atoms. The molecule has 14 heteroatoms. The minimum atomic E-state index is -0.853. The Bertz CT molecular complexity index is 1680. The van der Waals surface area contributed by atoms with Crippen LogP contribution in [0.4, 0.5) is 14.9 Å². The van der Waals surface area contributed by atoms with Crippen LogP contribution >= 0.6 is 22.9 Å². The van der Waals surface area contributed by atoms with E-state index >= 15 is 0 Å². The third-order valence-corrected chi connectivity index (χ3v) is 9.23. The summed E-state index contributed by atoms with van der Waals surface area (Å²) in [5.41, 5.74) is 2.89. The molecule has 1 aromatic heterocycles. The maximum absolute atomic E-state index is 14.0. The van der Waals surface area contributed by atoms with Gasteiger partial charge in [0.2, 0.25) is 0 Å². The van der Waals surface area contributed by atoms with Crippen molar-refractivity contribution in [2.24, 2.45) is 4.99 Å². The molecule has 2 aromatic carbocycles. The molecular weight excluding hydrogens is 623 g/mol. The fourth-order valence-electron chi connectivity index (χ4n) is 5.92. The second-order valence-electron chi connectivity index (χ2n) is 10.9. The molecule has 3 aliphatic rings. The number of hydrogen-bond acceptors (Lipinski definition) is 9. The van der Waals surface area contributed by atoms with Gasteiger partial charge in [-0.1, -0.05) is 29.8 Å². The monoisotopic (exact) mass is 652 g/mol. The number of methoxy groups -OCH3 is 1. The van der Waals surface area contributed by atoms with E-state index in [0.29, 0.717) is 61.2 Å². The zero-order valence-corrected chi connectivity index (χ0v) is 25.9. The maximum atomic E-state index is 14.0. The Labute approximate surface area is 267 Å². The van der Waals surface area contributed by atoms with E-state index < -0.39 is 23.8 Å². The van der Waals surface area contributed by atoms with Crippen LogP contribution in [0.1, 0.15) is 28.6 Å². The van der Waals surface area contributed by atoms with E-state index in [1.165, 1.54) is 36.6 Å². The zero-order valence-electron chi connectivity index (χ0n) is 24.3. The number of urea groups is 1. The van der Waals surface area contributed by atoms with E-state index in [2.05, 4.69) is 15.2 Å². The van der Waals surface area contributed by atoms with Gasteiger partial charge in [0.15, 0.2) is 10.8 Å². The molecule has 2 saturated heterocycles. The molecule has 0 aliphatic carbocycles. The number of ether oxygens (including phenoxy) is 1. The smallest absolute Gasteiger partial charge is 0.338 e. The van der Waals surface area contributed by atoms with E-state index in [9.17, 15) is 18.8 Å². The molecule has 3 aliphatic heterocycles. The number of benzene rings is 2. The molecule has 0 saturated carbocycles. The van der Waals surface area contributed by atoms with Crippen molar-refractivity contribution in [2.45, 2.75) is 24.9 Å². The van der Waals surface area contributed by atoms with Gasteiger partial charge in [-0.3, -0.25) is 14.6 Å². The predicted octanol–water partition coefficient (Wildman–Crippen LogP) is 4.10. The largest absolute Gasteiger partial charge is 0.481 e. The van der Waals surface area contributed by atoms with Crippen LogP contribution < -0.4 is 10.2 Å². The number of carboxylic acids is 1. The van der Waals surface area contributed by atoms with Crippen molar-refractivity contribution in [1.29, 1.82) is 0 Å². The summed E-state index contributed by atoms with van der Waals surface area (Å²) in [4.78, 5) is 52.5.